The Hall–Kier alpha value is -1.51. The third-order valence-corrected chi connectivity index (χ3v) is 3.29. The van der Waals surface area contributed by atoms with Crippen molar-refractivity contribution < 1.29 is 14.6 Å². The van der Waals surface area contributed by atoms with E-state index in [1.54, 1.807) is 13.0 Å². The molecule has 1 aliphatic rings. The fraction of sp³-hybridized carbons (Fsp3) is 0.462. The van der Waals surface area contributed by atoms with E-state index in [2.05, 4.69) is 0 Å². The number of carbonyl (C=O) groups is 1. The Bertz CT molecular complexity index is 451. The van der Waals surface area contributed by atoms with Gasteiger partial charge in [0.25, 0.3) is 0 Å². The number of carbonyl (C=O) groups excluding carboxylic acids is 1. The molecule has 1 heterocycles. The quantitative estimate of drug-likeness (QED) is 0.739. The van der Waals surface area contributed by atoms with Crippen LogP contribution in [0, 0.1) is 13.8 Å². The molecule has 0 spiro atoms. The van der Waals surface area contributed by atoms with Crippen LogP contribution < -0.4 is 4.74 Å². The fourth-order valence-corrected chi connectivity index (χ4v) is 2.14. The normalized spacial score (nSPS) is 23.4. The molecular formula is C13H16O3. The van der Waals surface area contributed by atoms with E-state index in [-0.39, 0.29) is 0 Å². The predicted octanol–water partition coefficient (Wildman–Crippen LogP) is 2.29. The summed E-state index contributed by atoms with van der Waals surface area (Å²) in [6.07, 6.45) is 2.28. The Morgan fingerprint density at radius 2 is 2.19 bits per heavy atom. The SMILES string of the molecule is Cc1cc2c(c(C)c1O)CCC(C)(C=O)O2. The molecule has 0 aliphatic carbocycles. The first-order chi connectivity index (χ1) is 7.47. The van der Waals surface area contributed by atoms with Gasteiger partial charge in [0, 0.05) is 5.56 Å². The monoisotopic (exact) mass is 220 g/mol. The number of hydrogen-bond acceptors (Lipinski definition) is 3. The summed E-state index contributed by atoms with van der Waals surface area (Å²) in [5.74, 6) is 1.06. The molecule has 3 heteroatoms. The lowest BCUT2D eigenvalue weighted by atomic mass is 9.90. The second kappa shape index (κ2) is 3.51. The van der Waals surface area contributed by atoms with E-state index in [0.717, 1.165) is 35.1 Å². The van der Waals surface area contributed by atoms with Crippen LogP contribution in [0.5, 0.6) is 11.5 Å². The molecular weight excluding hydrogens is 204 g/mol. The van der Waals surface area contributed by atoms with Gasteiger partial charge >= 0.3 is 0 Å². The second-order valence-corrected chi connectivity index (χ2v) is 4.68. The molecule has 0 fully saturated rings. The number of rotatable bonds is 1. The van der Waals surface area contributed by atoms with Crippen LogP contribution in [0.15, 0.2) is 6.07 Å². The van der Waals surface area contributed by atoms with Crippen LogP contribution in [0.2, 0.25) is 0 Å². The maximum atomic E-state index is 11.0. The molecule has 0 saturated heterocycles. The van der Waals surface area contributed by atoms with Crippen molar-refractivity contribution in [3.8, 4) is 11.5 Å². The minimum Gasteiger partial charge on any atom is -0.507 e. The summed E-state index contributed by atoms with van der Waals surface area (Å²) < 4.78 is 5.71. The summed E-state index contributed by atoms with van der Waals surface area (Å²) in [6, 6.07) is 1.80. The van der Waals surface area contributed by atoms with E-state index in [4.69, 9.17) is 4.74 Å². The van der Waals surface area contributed by atoms with Crippen LogP contribution in [0.25, 0.3) is 0 Å². The first-order valence-electron chi connectivity index (χ1n) is 5.44. The van der Waals surface area contributed by atoms with Crippen molar-refractivity contribution in [1.82, 2.24) is 0 Å². The second-order valence-electron chi connectivity index (χ2n) is 4.68. The molecule has 0 bridgehead atoms. The Balaban J connectivity index is 2.52. The summed E-state index contributed by atoms with van der Waals surface area (Å²) in [7, 11) is 0. The third-order valence-electron chi connectivity index (χ3n) is 3.29. The zero-order valence-corrected chi connectivity index (χ0v) is 9.83. The van der Waals surface area contributed by atoms with Crippen LogP contribution in [0.4, 0.5) is 0 Å². The summed E-state index contributed by atoms with van der Waals surface area (Å²) in [4.78, 5) is 11.0. The van der Waals surface area contributed by atoms with Gasteiger partial charge in [-0.15, -0.1) is 0 Å². The minimum absolute atomic E-state index is 0.331. The largest absolute Gasteiger partial charge is 0.507 e. The van der Waals surface area contributed by atoms with Crippen LogP contribution >= 0.6 is 0 Å². The van der Waals surface area contributed by atoms with E-state index >= 15 is 0 Å². The first-order valence-corrected chi connectivity index (χ1v) is 5.44. The minimum atomic E-state index is -0.719. The van der Waals surface area contributed by atoms with Gasteiger partial charge in [-0.2, -0.15) is 0 Å². The smallest absolute Gasteiger partial charge is 0.163 e. The number of ether oxygens (including phenoxy) is 1. The summed E-state index contributed by atoms with van der Waals surface area (Å²) in [6.45, 7) is 5.51. The summed E-state index contributed by atoms with van der Waals surface area (Å²) >= 11 is 0. The lowest BCUT2D eigenvalue weighted by Crippen LogP contribution is -2.38. The van der Waals surface area contributed by atoms with Crippen molar-refractivity contribution in [3.05, 3.63) is 22.8 Å². The van der Waals surface area contributed by atoms with E-state index in [9.17, 15) is 9.90 Å². The summed E-state index contributed by atoms with van der Waals surface area (Å²) in [5.41, 5.74) is 1.94. The number of aryl methyl sites for hydroxylation is 1. The van der Waals surface area contributed by atoms with E-state index in [1.807, 2.05) is 13.8 Å². The Labute approximate surface area is 95.0 Å². The van der Waals surface area contributed by atoms with Gasteiger partial charge < -0.3 is 9.84 Å². The van der Waals surface area contributed by atoms with Gasteiger partial charge in [0.1, 0.15) is 11.5 Å². The lowest BCUT2D eigenvalue weighted by Gasteiger charge is -2.32. The van der Waals surface area contributed by atoms with E-state index in [1.165, 1.54) is 0 Å². The average molecular weight is 220 g/mol. The summed E-state index contributed by atoms with van der Waals surface area (Å²) in [5, 5.41) is 9.82. The molecule has 0 radical (unpaired) electrons. The van der Waals surface area contributed by atoms with Gasteiger partial charge in [-0.3, -0.25) is 4.79 Å². The van der Waals surface area contributed by atoms with Gasteiger partial charge in [-0.25, -0.2) is 0 Å². The highest BCUT2D eigenvalue weighted by Gasteiger charge is 2.32. The number of phenols is 1. The Morgan fingerprint density at radius 1 is 1.50 bits per heavy atom. The third kappa shape index (κ3) is 1.56. The Morgan fingerprint density at radius 3 is 2.81 bits per heavy atom. The molecule has 3 nitrogen and oxygen atoms in total. The fourth-order valence-electron chi connectivity index (χ4n) is 2.14. The maximum absolute atomic E-state index is 11.0. The van der Waals surface area contributed by atoms with Crippen LogP contribution in [0.1, 0.15) is 30.0 Å². The molecule has 16 heavy (non-hydrogen) atoms. The lowest BCUT2D eigenvalue weighted by molar-refractivity contribution is -0.121. The zero-order valence-electron chi connectivity index (χ0n) is 9.83. The van der Waals surface area contributed by atoms with Crippen LogP contribution in [-0.2, 0) is 11.2 Å². The van der Waals surface area contributed by atoms with Crippen molar-refractivity contribution in [2.75, 3.05) is 0 Å². The molecule has 0 saturated carbocycles. The first kappa shape index (κ1) is 11.0. The van der Waals surface area contributed by atoms with E-state index < -0.39 is 5.60 Å². The van der Waals surface area contributed by atoms with Crippen molar-refractivity contribution in [2.45, 2.75) is 39.2 Å². The number of benzene rings is 1. The molecule has 86 valence electrons. The molecule has 1 atom stereocenters. The predicted molar refractivity (Wildman–Crippen MR) is 61.0 cm³/mol. The zero-order chi connectivity index (χ0) is 11.9. The van der Waals surface area contributed by atoms with Crippen LogP contribution in [-0.4, -0.2) is 17.0 Å². The molecule has 1 aromatic carbocycles. The Kier molecular flexibility index (Phi) is 2.41. The standard InChI is InChI=1S/C13H16O3/c1-8-6-11-10(9(2)12(8)15)4-5-13(3,7-14)16-11/h6-7,15H,4-5H2,1-3H3. The average Bonchev–Trinajstić information content (AvgIpc) is 2.26. The van der Waals surface area contributed by atoms with Gasteiger partial charge in [-0.05, 0) is 50.8 Å². The number of hydrogen-bond donors (Lipinski definition) is 1. The number of fused-ring (bicyclic) bond motifs is 1. The van der Waals surface area contributed by atoms with E-state index in [0.29, 0.717) is 12.2 Å². The van der Waals surface area contributed by atoms with Crippen molar-refractivity contribution in [3.63, 3.8) is 0 Å². The topological polar surface area (TPSA) is 46.5 Å². The maximum Gasteiger partial charge on any atom is 0.163 e. The van der Waals surface area contributed by atoms with Gasteiger partial charge in [-0.1, -0.05) is 0 Å². The molecule has 1 aliphatic heterocycles. The number of aromatic hydroxyl groups is 1. The van der Waals surface area contributed by atoms with Crippen molar-refractivity contribution >= 4 is 6.29 Å². The molecule has 1 aromatic rings. The van der Waals surface area contributed by atoms with Gasteiger partial charge in [0.05, 0.1) is 0 Å². The van der Waals surface area contributed by atoms with Crippen molar-refractivity contribution in [1.29, 1.82) is 0 Å². The molecule has 1 unspecified atom stereocenters. The number of phenolic OH excluding ortho intramolecular Hbond substituents is 1. The molecule has 1 N–H and O–H groups in total. The highest BCUT2D eigenvalue weighted by molar-refractivity contribution is 5.65. The van der Waals surface area contributed by atoms with Crippen molar-refractivity contribution in [2.24, 2.45) is 0 Å². The van der Waals surface area contributed by atoms with Gasteiger partial charge in [0.15, 0.2) is 11.9 Å². The van der Waals surface area contributed by atoms with Crippen LogP contribution in [0.3, 0.4) is 0 Å². The highest BCUT2D eigenvalue weighted by Crippen LogP contribution is 2.39. The molecule has 2 rings (SSSR count). The highest BCUT2D eigenvalue weighted by atomic mass is 16.5. The number of aldehydes is 1. The van der Waals surface area contributed by atoms with Gasteiger partial charge in [0.2, 0.25) is 0 Å². The molecule has 0 aromatic heterocycles. The molecule has 0 amide bonds.